The van der Waals surface area contributed by atoms with Gasteiger partial charge in [-0.2, -0.15) is 0 Å². The van der Waals surface area contributed by atoms with Crippen LogP contribution in [-0.4, -0.2) is 70.6 Å². The topological polar surface area (TPSA) is 83.0 Å². The van der Waals surface area contributed by atoms with Crippen LogP contribution in [0.15, 0.2) is 36.5 Å². The maximum absolute atomic E-state index is 13.6. The molecule has 0 saturated heterocycles. The van der Waals surface area contributed by atoms with Gasteiger partial charge in [0.25, 0.3) is 11.8 Å². The number of likely N-dealkylation sites (N-methyl/N-ethyl adjacent to an activating group) is 1. The predicted molar refractivity (Wildman–Crippen MR) is 131 cm³/mol. The molecule has 0 radical (unpaired) electrons. The van der Waals surface area contributed by atoms with Crippen LogP contribution in [0.4, 0.5) is 4.39 Å². The quantitative estimate of drug-likeness (QED) is 0.640. The number of hydrogen-bond acceptors (Lipinski definition) is 5. The van der Waals surface area contributed by atoms with E-state index < -0.39 is 18.0 Å². The van der Waals surface area contributed by atoms with Crippen LogP contribution in [0.1, 0.15) is 59.9 Å². The minimum absolute atomic E-state index is 0.161. The number of halogens is 1. The van der Waals surface area contributed by atoms with E-state index in [1.165, 1.54) is 23.1 Å². The van der Waals surface area contributed by atoms with E-state index in [2.05, 4.69) is 16.8 Å². The molecule has 2 heterocycles. The van der Waals surface area contributed by atoms with Crippen LogP contribution in [0, 0.1) is 23.6 Å². The maximum Gasteiger partial charge on any atom is 0.259 e. The average Bonchev–Trinajstić information content (AvgIpc) is 2.85. The van der Waals surface area contributed by atoms with Crippen molar-refractivity contribution in [2.24, 2.45) is 5.92 Å². The molecule has 1 aliphatic heterocycles. The lowest BCUT2D eigenvalue weighted by Crippen LogP contribution is -2.50. The molecule has 0 fully saturated rings. The maximum atomic E-state index is 13.6. The van der Waals surface area contributed by atoms with Gasteiger partial charge in [-0.3, -0.25) is 9.59 Å². The van der Waals surface area contributed by atoms with E-state index in [1.807, 2.05) is 13.8 Å². The highest BCUT2D eigenvalue weighted by atomic mass is 19.1. The normalized spacial score (nSPS) is 18.3. The highest BCUT2D eigenvalue weighted by Gasteiger charge is 2.34. The lowest BCUT2D eigenvalue weighted by Gasteiger charge is -2.37. The fraction of sp³-hybridized carbons (Fsp3) is 0.444. The number of aromatic nitrogens is 1. The van der Waals surface area contributed by atoms with Gasteiger partial charge in [-0.25, -0.2) is 9.37 Å². The molecule has 0 saturated carbocycles. The molecule has 0 unspecified atom stereocenters. The molecule has 2 aromatic rings. The number of unbranched alkanes of at least 4 members (excludes halogenated alkanes) is 1. The molecule has 1 N–H and O–H groups in total. The monoisotopic (exact) mass is 481 g/mol. The highest BCUT2D eigenvalue weighted by molar-refractivity contribution is 5.97. The van der Waals surface area contributed by atoms with Crippen LogP contribution in [0.3, 0.4) is 0 Å². The van der Waals surface area contributed by atoms with Gasteiger partial charge >= 0.3 is 0 Å². The van der Waals surface area contributed by atoms with E-state index in [4.69, 9.17) is 4.74 Å². The summed E-state index contributed by atoms with van der Waals surface area (Å²) in [7, 11) is 1.63. The van der Waals surface area contributed by atoms with Crippen molar-refractivity contribution in [3.05, 3.63) is 59.0 Å². The Labute approximate surface area is 205 Å². The number of benzene rings is 1. The first kappa shape index (κ1) is 26.2. The van der Waals surface area contributed by atoms with Gasteiger partial charge in [0.05, 0.1) is 19.2 Å². The molecule has 1 aromatic carbocycles. The molecular weight excluding hydrogens is 449 g/mol. The lowest BCUT2D eigenvalue weighted by atomic mass is 9.99. The van der Waals surface area contributed by atoms with E-state index in [9.17, 15) is 19.1 Å². The average molecular weight is 482 g/mol. The highest BCUT2D eigenvalue weighted by Crippen LogP contribution is 2.27. The summed E-state index contributed by atoms with van der Waals surface area (Å²) in [4.78, 5) is 33.8. The van der Waals surface area contributed by atoms with Gasteiger partial charge in [0.15, 0.2) is 0 Å². The second kappa shape index (κ2) is 11.8. The third kappa shape index (κ3) is 6.37. The Morgan fingerprint density at radius 1 is 1.40 bits per heavy atom. The van der Waals surface area contributed by atoms with Gasteiger partial charge < -0.3 is 19.6 Å². The molecule has 35 heavy (non-hydrogen) atoms. The van der Waals surface area contributed by atoms with Crippen molar-refractivity contribution in [3.63, 3.8) is 0 Å². The fourth-order valence-electron chi connectivity index (χ4n) is 3.87. The Balaban J connectivity index is 1.93. The van der Waals surface area contributed by atoms with Crippen molar-refractivity contribution in [3.8, 4) is 17.7 Å². The fourth-order valence-corrected chi connectivity index (χ4v) is 3.87. The molecule has 0 spiro atoms. The Kier molecular flexibility index (Phi) is 8.83. The van der Waals surface area contributed by atoms with Gasteiger partial charge in [-0.1, -0.05) is 31.8 Å². The zero-order valence-corrected chi connectivity index (χ0v) is 20.6. The number of aliphatic hydroxyl groups is 1. The van der Waals surface area contributed by atoms with E-state index in [0.717, 1.165) is 12.8 Å². The van der Waals surface area contributed by atoms with Gasteiger partial charge in [-0.15, -0.1) is 0 Å². The van der Waals surface area contributed by atoms with E-state index >= 15 is 0 Å². The summed E-state index contributed by atoms with van der Waals surface area (Å²) in [5, 5.41) is 9.79. The van der Waals surface area contributed by atoms with E-state index in [0.29, 0.717) is 12.1 Å². The van der Waals surface area contributed by atoms with Gasteiger partial charge in [0, 0.05) is 43.3 Å². The second-order valence-corrected chi connectivity index (χ2v) is 8.95. The van der Waals surface area contributed by atoms with E-state index in [1.54, 1.807) is 37.2 Å². The first-order valence-corrected chi connectivity index (χ1v) is 11.8. The number of ether oxygens (including phenoxy) is 1. The third-order valence-corrected chi connectivity index (χ3v) is 6.00. The minimum atomic E-state index is -0.498. The zero-order chi connectivity index (χ0) is 25.5. The summed E-state index contributed by atoms with van der Waals surface area (Å²) in [6.07, 6.45) is 2.73. The molecule has 2 amide bonds. The number of fused-ring (bicyclic) bond motifs is 1. The Morgan fingerprint density at radius 3 is 2.86 bits per heavy atom. The van der Waals surface area contributed by atoms with Crippen LogP contribution in [-0.2, 0) is 0 Å². The van der Waals surface area contributed by atoms with Crippen molar-refractivity contribution in [1.29, 1.82) is 0 Å². The zero-order valence-electron chi connectivity index (χ0n) is 20.6. The lowest BCUT2D eigenvalue weighted by molar-refractivity contribution is 0.0313. The number of carbonyl (C=O) groups is 2. The van der Waals surface area contributed by atoms with Gasteiger partial charge in [0.2, 0.25) is 5.88 Å². The number of pyridine rings is 1. The van der Waals surface area contributed by atoms with Gasteiger partial charge in [0.1, 0.15) is 17.5 Å². The number of amides is 2. The van der Waals surface area contributed by atoms with Crippen LogP contribution < -0.4 is 4.74 Å². The molecule has 0 aliphatic carbocycles. The molecular formula is C27H32FN3O4. The molecule has 3 rings (SSSR count). The smallest absolute Gasteiger partial charge is 0.259 e. The molecule has 0 bridgehead atoms. The summed E-state index contributed by atoms with van der Waals surface area (Å²) in [6.45, 7) is 6.06. The SMILES string of the molecule is CCCC#Cc1cnc2c(c1)C(=O)N([C@@H](C)CO)C[C@@H](C)[C@@H](CN(C)C(=O)c1cccc(F)c1)O2. The standard InChI is InChI=1S/C27H32FN3O4/c1-5-6-7-9-20-12-23-25(29-14-20)35-24(18(2)15-31(27(23)34)19(3)17-32)16-30(4)26(33)21-10-8-11-22(28)13-21/h8,10-14,18-19,24,32H,5-6,15-17H2,1-4H3/t18-,19+,24-/m1/s1. The van der Waals surface area contributed by atoms with Crippen LogP contribution in [0.25, 0.3) is 0 Å². The number of rotatable bonds is 6. The molecule has 3 atom stereocenters. The number of carbonyl (C=O) groups excluding carboxylic acids is 2. The van der Waals surface area contributed by atoms with Gasteiger partial charge in [-0.05, 0) is 37.6 Å². The molecule has 1 aliphatic rings. The van der Waals surface area contributed by atoms with Crippen molar-refractivity contribution in [2.75, 3.05) is 26.7 Å². The first-order chi connectivity index (χ1) is 16.7. The Bertz CT molecular complexity index is 1130. The van der Waals surface area contributed by atoms with Crippen molar-refractivity contribution >= 4 is 11.8 Å². The van der Waals surface area contributed by atoms with Crippen molar-refractivity contribution in [2.45, 2.75) is 45.8 Å². The molecule has 8 heteroatoms. The molecule has 186 valence electrons. The van der Waals surface area contributed by atoms with Crippen LogP contribution in [0.2, 0.25) is 0 Å². The number of hydrogen-bond donors (Lipinski definition) is 1. The van der Waals surface area contributed by atoms with Crippen molar-refractivity contribution in [1.82, 2.24) is 14.8 Å². The van der Waals surface area contributed by atoms with Crippen LogP contribution >= 0.6 is 0 Å². The van der Waals surface area contributed by atoms with Crippen molar-refractivity contribution < 1.29 is 23.8 Å². The second-order valence-electron chi connectivity index (χ2n) is 8.95. The largest absolute Gasteiger partial charge is 0.472 e. The predicted octanol–water partition coefficient (Wildman–Crippen LogP) is 3.36. The summed E-state index contributed by atoms with van der Waals surface area (Å²) >= 11 is 0. The number of nitrogens with zero attached hydrogens (tertiary/aromatic N) is 3. The van der Waals surface area contributed by atoms with Crippen LogP contribution in [0.5, 0.6) is 5.88 Å². The third-order valence-electron chi connectivity index (χ3n) is 6.00. The minimum Gasteiger partial charge on any atom is -0.472 e. The molecule has 7 nitrogen and oxygen atoms in total. The van der Waals surface area contributed by atoms with E-state index in [-0.39, 0.29) is 47.9 Å². The number of aliphatic hydroxyl groups excluding tert-OH is 1. The summed E-state index contributed by atoms with van der Waals surface area (Å²) < 4.78 is 19.8. The summed E-state index contributed by atoms with van der Waals surface area (Å²) in [6, 6.07) is 6.78. The Morgan fingerprint density at radius 2 is 2.17 bits per heavy atom. The Hall–Kier alpha value is -3.44. The summed E-state index contributed by atoms with van der Waals surface area (Å²) in [5.74, 6) is 4.95. The first-order valence-electron chi connectivity index (χ1n) is 11.8. The molecule has 1 aromatic heterocycles. The summed E-state index contributed by atoms with van der Waals surface area (Å²) in [5.41, 5.74) is 1.12.